The van der Waals surface area contributed by atoms with Gasteiger partial charge in [0.2, 0.25) is 0 Å². The van der Waals surface area contributed by atoms with E-state index < -0.39 is 0 Å². The average molecular weight is 367 g/mol. The Kier molecular flexibility index (Phi) is 5.81. The zero-order chi connectivity index (χ0) is 18.4. The van der Waals surface area contributed by atoms with Crippen molar-refractivity contribution in [2.75, 3.05) is 17.2 Å². The predicted octanol–water partition coefficient (Wildman–Crippen LogP) is 4.35. The number of nitrogens with one attached hydrogen (secondary N) is 2. The molecule has 2 N–H and O–H groups in total. The monoisotopic (exact) mass is 366 g/mol. The standard InChI is InChI=1S/C20H19ClN4O/c1-14-4-2-6-16(12-14)20(26)23-19-9-8-18(24-25-19)22-11-10-15-5-3-7-17(21)13-15/h2-9,12-13H,10-11H2,1H3,(H,22,24)(H,23,25,26). The van der Waals surface area contributed by atoms with Gasteiger partial charge < -0.3 is 10.6 Å². The molecule has 5 nitrogen and oxygen atoms in total. The summed E-state index contributed by atoms with van der Waals surface area (Å²) in [4.78, 5) is 12.2. The minimum absolute atomic E-state index is 0.204. The number of anilines is 2. The van der Waals surface area contributed by atoms with Gasteiger partial charge in [0, 0.05) is 17.1 Å². The Bertz CT molecular complexity index is 896. The number of benzene rings is 2. The molecule has 0 aliphatic heterocycles. The summed E-state index contributed by atoms with van der Waals surface area (Å²) >= 11 is 5.98. The van der Waals surface area contributed by atoms with Crippen molar-refractivity contribution in [2.45, 2.75) is 13.3 Å². The summed E-state index contributed by atoms with van der Waals surface area (Å²) in [6, 6.07) is 18.7. The molecule has 26 heavy (non-hydrogen) atoms. The highest BCUT2D eigenvalue weighted by Crippen LogP contribution is 2.12. The largest absolute Gasteiger partial charge is 0.368 e. The Hall–Kier alpha value is -2.92. The third-order valence-electron chi connectivity index (χ3n) is 3.80. The van der Waals surface area contributed by atoms with Crippen LogP contribution >= 0.6 is 11.6 Å². The summed E-state index contributed by atoms with van der Waals surface area (Å²) < 4.78 is 0. The summed E-state index contributed by atoms with van der Waals surface area (Å²) in [5.41, 5.74) is 2.78. The third-order valence-corrected chi connectivity index (χ3v) is 4.03. The van der Waals surface area contributed by atoms with Crippen LogP contribution in [0.2, 0.25) is 5.02 Å². The maximum Gasteiger partial charge on any atom is 0.256 e. The quantitative estimate of drug-likeness (QED) is 0.680. The van der Waals surface area contributed by atoms with Crippen LogP contribution in [0, 0.1) is 6.92 Å². The van der Waals surface area contributed by atoms with Crippen molar-refractivity contribution >= 4 is 29.1 Å². The van der Waals surface area contributed by atoms with Crippen molar-refractivity contribution in [2.24, 2.45) is 0 Å². The molecule has 0 atom stereocenters. The van der Waals surface area contributed by atoms with E-state index in [1.165, 1.54) is 0 Å². The average Bonchev–Trinajstić information content (AvgIpc) is 2.63. The number of halogens is 1. The zero-order valence-electron chi connectivity index (χ0n) is 14.4. The lowest BCUT2D eigenvalue weighted by molar-refractivity contribution is 0.102. The number of carbonyl (C=O) groups is 1. The Morgan fingerprint density at radius 2 is 1.77 bits per heavy atom. The van der Waals surface area contributed by atoms with E-state index in [-0.39, 0.29) is 5.91 Å². The number of hydrogen-bond donors (Lipinski definition) is 2. The van der Waals surface area contributed by atoms with Crippen LogP contribution in [0.1, 0.15) is 21.5 Å². The summed E-state index contributed by atoms with van der Waals surface area (Å²) in [5, 5.41) is 14.8. The number of hydrogen-bond acceptors (Lipinski definition) is 4. The van der Waals surface area contributed by atoms with Gasteiger partial charge in [-0.1, -0.05) is 41.4 Å². The maximum atomic E-state index is 12.2. The summed E-state index contributed by atoms with van der Waals surface area (Å²) in [6.07, 6.45) is 0.827. The third kappa shape index (κ3) is 5.04. The lowest BCUT2D eigenvalue weighted by Crippen LogP contribution is -2.14. The highest BCUT2D eigenvalue weighted by molar-refractivity contribution is 6.30. The molecule has 2 aromatic carbocycles. The number of nitrogens with zero attached hydrogens (tertiary/aromatic N) is 2. The first kappa shape index (κ1) is 17.9. The number of aromatic nitrogens is 2. The van der Waals surface area contributed by atoms with E-state index in [1.807, 2.05) is 49.4 Å². The van der Waals surface area contributed by atoms with Gasteiger partial charge in [0.15, 0.2) is 5.82 Å². The number of rotatable bonds is 6. The number of aryl methyl sites for hydroxylation is 1. The van der Waals surface area contributed by atoms with Crippen LogP contribution in [0.5, 0.6) is 0 Å². The van der Waals surface area contributed by atoms with Gasteiger partial charge in [-0.05, 0) is 55.3 Å². The fourth-order valence-electron chi connectivity index (χ4n) is 2.50. The zero-order valence-corrected chi connectivity index (χ0v) is 15.1. The molecule has 0 saturated heterocycles. The van der Waals surface area contributed by atoms with Gasteiger partial charge in [-0.2, -0.15) is 0 Å². The van der Waals surface area contributed by atoms with Crippen molar-refractivity contribution in [3.05, 3.63) is 82.4 Å². The van der Waals surface area contributed by atoms with E-state index in [1.54, 1.807) is 18.2 Å². The molecule has 3 aromatic rings. The fourth-order valence-corrected chi connectivity index (χ4v) is 2.71. The van der Waals surface area contributed by atoms with Crippen LogP contribution in [-0.2, 0) is 6.42 Å². The summed E-state index contributed by atoms with van der Waals surface area (Å²) in [5.74, 6) is 0.863. The Labute approximate surface area is 157 Å². The van der Waals surface area contributed by atoms with Crippen molar-refractivity contribution in [1.29, 1.82) is 0 Å². The molecular weight excluding hydrogens is 348 g/mol. The van der Waals surface area contributed by atoms with Crippen LogP contribution in [0.3, 0.4) is 0 Å². The molecule has 0 bridgehead atoms. The number of carbonyl (C=O) groups excluding carboxylic acids is 1. The van der Waals surface area contributed by atoms with Crippen molar-refractivity contribution in [3.8, 4) is 0 Å². The highest BCUT2D eigenvalue weighted by atomic mass is 35.5. The second kappa shape index (κ2) is 8.45. The number of amides is 1. The second-order valence-corrected chi connectivity index (χ2v) is 6.37. The van der Waals surface area contributed by atoms with E-state index in [9.17, 15) is 4.79 Å². The molecule has 0 aliphatic rings. The lowest BCUT2D eigenvalue weighted by Gasteiger charge is -2.07. The Morgan fingerprint density at radius 3 is 2.50 bits per heavy atom. The fraction of sp³-hybridized carbons (Fsp3) is 0.150. The van der Waals surface area contributed by atoms with Crippen LogP contribution in [0.4, 0.5) is 11.6 Å². The first-order valence-corrected chi connectivity index (χ1v) is 8.68. The topological polar surface area (TPSA) is 66.9 Å². The van der Waals surface area contributed by atoms with Crippen molar-refractivity contribution < 1.29 is 4.79 Å². The van der Waals surface area contributed by atoms with Crippen molar-refractivity contribution in [3.63, 3.8) is 0 Å². The van der Waals surface area contributed by atoms with Gasteiger partial charge in [-0.3, -0.25) is 4.79 Å². The van der Waals surface area contributed by atoms with Gasteiger partial charge in [0.05, 0.1) is 0 Å². The second-order valence-electron chi connectivity index (χ2n) is 5.93. The molecule has 0 radical (unpaired) electrons. The molecule has 1 heterocycles. The van der Waals surface area contributed by atoms with Crippen LogP contribution in [-0.4, -0.2) is 22.6 Å². The van der Waals surface area contributed by atoms with Gasteiger partial charge in [0.25, 0.3) is 5.91 Å². The van der Waals surface area contributed by atoms with Crippen LogP contribution in [0.15, 0.2) is 60.7 Å². The Morgan fingerprint density at radius 1 is 1.00 bits per heavy atom. The van der Waals surface area contributed by atoms with E-state index in [0.717, 1.165) is 22.6 Å². The Balaban J connectivity index is 1.52. The molecule has 132 valence electrons. The molecule has 0 spiro atoms. The van der Waals surface area contributed by atoms with Gasteiger partial charge >= 0.3 is 0 Å². The minimum atomic E-state index is -0.204. The smallest absolute Gasteiger partial charge is 0.256 e. The van der Waals surface area contributed by atoms with Gasteiger partial charge in [0.1, 0.15) is 5.82 Å². The van der Waals surface area contributed by atoms with Gasteiger partial charge in [-0.25, -0.2) is 0 Å². The highest BCUT2D eigenvalue weighted by Gasteiger charge is 2.07. The molecule has 0 aliphatic carbocycles. The molecule has 1 aromatic heterocycles. The van der Waals surface area contributed by atoms with E-state index in [0.29, 0.717) is 23.7 Å². The first-order valence-electron chi connectivity index (χ1n) is 8.30. The molecule has 0 unspecified atom stereocenters. The first-order chi connectivity index (χ1) is 12.6. The molecular formula is C20H19ClN4O. The molecule has 3 rings (SSSR count). The molecule has 1 amide bonds. The van der Waals surface area contributed by atoms with Crippen LogP contribution < -0.4 is 10.6 Å². The minimum Gasteiger partial charge on any atom is -0.368 e. The molecule has 0 fully saturated rings. The van der Waals surface area contributed by atoms with E-state index in [2.05, 4.69) is 20.8 Å². The van der Waals surface area contributed by atoms with E-state index >= 15 is 0 Å². The van der Waals surface area contributed by atoms with E-state index in [4.69, 9.17) is 11.6 Å². The van der Waals surface area contributed by atoms with Crippen LogP contribution in [0.25, 0.3) is 0 Å². The maximum absolute atomic E-state index is 12.2. The lowest BCUT2D eigenvalue weighted by atomic mass is 10.1. The van der Waals surface area contributed by atoms with Gasteiger partial charge in [-0.15, -0.1) is 10.2 Å². The van der Waals surface area contributed by atoms with Crippen molar-refractivity contribution in [1.82, 2.24) is 10.2 Å². The summed E-state index contributed by atoms with van der Waals surface area (Å²) in [6.45, 7) is 2.66. The SMILES string of the molecule is Cc1cccc(C(=O)Nc2ccc(NCCc3cccc(Cl)c3)nn2)c1. The predicted molar refractivity (Wildman–Crippen MR) is 105 cm³/mol. The normalized spacial score (nSPS) is 10.4. The molecule has 0 saturated carbocycles. The summed E-state index contributed by atoms with van der Waals surface area (Å²) in [7, 11) is 0. The molecule has 6 heteroatoms.